The van der Waals surface area contributed by atoms with Crippen molar-refractivity contribution >= 4 is 29.0 Å². The monoisotopic (exact) mass is 427 g/mol. The predicted octanol–water partition coefficient (Wildman–Crippen LogP) is 3.05. The van der Waals surface area contributed by atoms with E-state index < -0.39 is 0 Å². The molecule has 1 saturated heterocycles. The maximum absolute atomic E-state index is 12.1. The van der Waals surface area contributed by atoms with Gasteiger partial charge in [0.1, 0.15) is 11.8 Å². The van der Waals surface area contributed by atoms with Gasteiger partial charge in [0.25, 0.3) is 0 Å². The molecule has 0 spiro atoms. The highest BCUT2D eigenvalue weighted by molar-refractivity contribution is 5.79. The van der Waals surface area contributed by atoms with Crippen molar-refractivity contribution in [2.75, 3.05) is 43.4 Å². The van der Waals surface area contributed by atoms with E-state index in [9.17, 15) is 4.79 Å². The molecule has 1 aliphatic rings. The molecule has 162 valence electrons. The van der Waals surface area contributed by atoms with Crippen LogP contribution < -0.4 is 10.2 Å². The van der Waals surface area contributed by atoms with Gasteiger partial charge < -0.3 is 14.8 Å². The summed E-state index contributed by atoms with van der Waals surface area (Å²) < 4.78 is 1.96. The summed E-state index contributed by atoms with van der Waals surface area (Å²) in [7, 11) is 1.81. The summed E-state index contributed by atoms with van der Waals surface area (Å²) in [5.41, 5.74) is 4.08. The summed E-state index contributed by atoms with van der Waals surface area (Å²) in [5, 5.41) is 3.99. The van der Waals surface area contributed by atoms with Gasteiger partial charge in [-0.05, 0) is 24.3 Å². The molecule has 4 aromatic rings. The molecular weight excluding hydrogens is 402 g/mol. The van der Waals surface area contributed by atoms with Crippen molar-refractivity contribution in [2.24, 2.45) is 0 Å². The van der Waals surface area contributed by atoms with Crippen molar-refractivity contribution in [3.63, 3.8) is 0 Å². The zero-order valence-electron chi connectivity index (χ0n) is 17.9. The lowest BCUT2D eigenvalue weighted by Crippen LogP contribution is -2.49. The zero-order chi connectivity index (χ0) is 21.9. The Bertz CT molecular complexity index is 1210. The predicted molar refractivity (Wildman–Crippen MR) is 126 cm³/mol. The minimum Gasteiger partial charge on any atom is -0.368 e. The van der Waals surface area contributed by atoms with E-state index in [2.05, 4.69) is 48.3 Å². The molecule has 0 radical (unpaired) electrons. The van der Waals surface area contributed by atoms with Gasteiger partial charge in [0.05, 0.1) is 0 Å². The summed E-state index contributed by atoms with van der Waals surface area (Å²) in [6.07, 6.45) is 8.07. The van der Waals surface area contributed by atoms with Gasteiger partial charge in [-0.2, -0.15) is 0 Å². The van der Waals surface area contributed by atoms with E-state index in [0.29, 0.717) is 5.95 Å². The molecule has 0 amide bonds. The number of anilines is 2. The molecule has 1 fully saturated rings. The second-order valence-electron chi connectivity index (χ2n) is 7.77. The number of aromatic nitrogens is 4. The molecule has 0 aliphatic carbocycles. The van der Waals surface area contributed by atoms with Crippen LogP contribution in [0.1, 0.15) is 6.17 Å². The molecule has 4 heterocycles. The number of pyridine rings is 1. The Morgan fingerprint density at radius 3 is 2.50 bits per heavy atom. The van der Waals surface area contributed by atoms with Crippen molar-refractivity contribution in [2.45, 2.75) is 6.17 Å². The van der Waals surface area contributed by atoms with Crippen molar-refractivity contribution in [3.05, 3.63) is 67.3 Å². The number of hydrogen-bond acceptors (Lipinski definition) is 7. The highest BCUT2D eigenvalue weighted by atomic mass is 16.1. The Kier molecular flexibility index (Phi) is 5.51. The van der Waals surface area contributed by atoms with Gasteiger partial charge >= 0.3 is 0 Å². The number of fused-ring (bicyclic) bond motifs is 1. The van der Waals surface area contributed by atoms with Crippen LogP contribution in [0.5, 0.6) is 0 Å². The molecule has 3 aromatic heterocycles. The summed E-state index contributed by atoms with van der Waals surface area (Å²) in [5.74, 6) is 0.603. The molecule has 1 aliphatic heterocycles. The van der Waals surface area contributed by atoms with Gasteiger partial charge in [0, 0.05) is 80.2 Å². The number of rotatable bonds is 6. The molecule has 32 heavy (non-hydrogen) atoms. The summed E-state index contributed by atoms with van der Waals surface area (Å²) >= 11 is 0. The number of benzene rings is 1. The molecule has 1 unspecified atom stereocenters. The fourth-order valence-electron chi connectivity index (χ4n) is 4.34. The Morgan fingerprint density at radius 1 is 0.969 bits per heavy atom. The minimum atomic E-state index is -0.359. The van der Waals surface area contributed by atoms with Crippen LogP contribution in [0, 0.1) is 0 Å². The van der Waals surface area contributed by atoms with Crippen LogP contribution in [0.3, 0.4) is 0 Å². The standard InChI is InChI=1S/C24H25N7O/c1-25-24-27-15-19(16-28-24)20-6-2-3-7-21(20)29-11-13-30(14-12-29)22(17-32)31-10-8-18-5-4-9-26-23(18)31/h2-10,15-17,22H,11-14H2,1H3,(H,25,27,28). The quantitative estimate of drug-likeness (QED) is 0.474. The first-order valence-electron chi connectivity index (χ1n) is 10.7. The molecule has 8 nitrogen and oxygen atoms in total. The molecule has 0 bridgehead atoms. The molecule has 0 saturated carbocycles. The first kappa shape index (κ1) is 20.1. The Hall–Kier alpha value is -3.78. The van der Waals surface area contributed by atoms with Crippen LogP contribution in [0.4, 0.5) is 11.6 Å². The molecular formula is C24H25N7O. The van der Waals surface area contributed by atoms with E-state index in [1.807, 2.05) is 54.5 Å². The number of hydrogen-bond donors (Lipinski definition) is 1. The van der Waals surface area contributed by atoms with Crippen molar-refractivity contribution in [1.29, 1.82) is 0 Å². The smallest absolute Gasteiger partial charge is 0.222 e. The van der Waals surface area contributed by atoms with Crippen LogP contribution in [-0.2, 0) is 4.79 Å². The van der Waals surface area contributed by atoms with Crippen LogP contribution in [0.25, 0.3) is 22.2 Å². The highest BCUT2D eigenvalue weighted by Crippen LogP contribution is 2.31. The fourth-order valence-corrected chi connectivity index (χ4v) is 4.34. The van der Waals surface area contributed by atoms with Crippen molar-refractivity contribution in [3.8, 4) is 11.1 Å². The van der Waals surface area contributed by atoms with Crippen LogP contribution in [-0.4, -0.2) is 63.9 Å². The lowest BCUT2D eigenvalue weighted by molar-refractivity contribution is -0.115. The maximum atomic E-state index is 12.1. The molecule has 8 heteroatoms. The first-order chi connectivity index (χ1) is 15.8. The van der Waals surface area contributed by atoms with Gasteiger partial charge in [-0.15, -0.1) is 0 Å². The van der Waals surface area contributed by atoms with E-state index in [1.54, 1.807) is 6.20 Å². The van der Waals surface area contributed by atoms with Gasteiger partial charge in [-0.1, -0.05) is 18.2 Å². The van der Waals surface area contributed by atoms with E-state index in [4.69, 9.17) is 0 Å². The summed E-state index contributed by atoms with van der Waals surface area (Å²) in [6, 6.07) is 14.3. The number of carbonyl (C=O) groups is 1. The third kappa shape index (κ3) is 3.69. The lowest BCUT2D eigenvalue weighted by Gasteiger charge is -2.39. The summed E-state index contributed by atoms with van der Waals surface area (Å²) in [4.78, 5) is 29.8. The van der Waals surface area contributed by atoms with Gasteiger partial charge in [0.15, 0.2) is 6.29 Å². The third-order valence-electron chi connectivity index (χ3n) is 6.00. The average Bonchev–Trinajstić information content (AvgIpc) is 3.29. The maximum Gasteiger partial charge on any atom is 0.222 e. The number of carbonyl (C=O) groups excluding carboxylic acids is 1. The topological polar surface area (TPSA) is 79.2 Å². The molecule has 1 N–H and O–H groups in total. The Labute approximate surface area is 186 Å². The Balaban J connectivity index is 1.35. The van der Waals surface area contributed by atoms with Crippen LogP contribution >= 0.6 is 0 Å². The second kappa shape index (κ2) is 8.76. The number of aldehydes is 1. The Morgan fingerprint density at radius 2 is 1.75 bits per heavy atom. The summed E-state index contributed by atoms with van der Waals surface area (Å²) in [6.45, 7) is 3.20. The van der Waals surface area contributed by atoms with Crippen molar-refractivity contribution in [1.82, 2.24) is 24.4 Å². The van der Waals surface area contributed by atoms with Gasteiger partial charge in [-0.25, -0.2) is 15.0 Å². The second-order valence-corrected chi connectivity index (χ2v) is 7.77. The fraction of sp³-hybridized carbons (Fsp3) is 0.250. The van der Waals surface area contributed by atoms with E-state index >= 15 is 0 Å². The molecule has 1 atom stereocenters. The number of nitrogens with zero attached hydrogens (tertiary/aromatic N) is 6. The zero-order valence-corrected chi connectivity index (χ0v) is 17.9. The SMILES string of the molecule is CNc1ncc(-c2ccccc2N2CCN(C(C=O)n3ccc4cccnc43)CC2)cn1. The van der Waals surface area contributed by atoms with Crippen LogP contribution in [0.15, 0.2) is 67.3 Å². The lowest BCUT2D eigenvalue weighted by atomic mass is 10.1. The van der Waals surface area contributed by atoms with E-state index in [1.165, 1.54) is 0 Å². The minimum absolute atomic E-state index is 0.359. The molecule has 5 rings (SSSR count). The largest absolute Gasteiger partial charge is 0.368 e. The van der Waals surface area contributed by atoms with Crippen LogP contribution in [0.2, 0.25) is 0 Å². The van der Waals surface area contributed by atoms with Gasteiger partial charge in [-0.3, -0.25) is 9.69 Å². The first-order valence-corrected chi connectivity index (χ1v) is 10.7. The third-order valence-corrected chi connectivity index (χ3v) is 6.00. The number of nitrogens with one attached hydrogen (secondary N) is 1. The normalized spacial score (nSPS) is 15.6. The number of piperazine rings is 1. The highest BCUT2D eigenvalue weighted by Gasteiger charge is 2.26. The van der Waals surface area contributed by atoms with E-state index in [0.717, 1.165) is 60.3 Å². The average molecular weight is 428 g/mol. The number of para-hydroxylation sites is 1. The van der Waals surface area contributed by atoms with E-state index in [-0.39, 0.29) is 6.17 Å². The molecule has 1 aromatic carbocycles. The van der Waals surface area contributed by atoms with Crippen molar-refractivity contribution < 1.29 is 4.79 Å². The van der Waals surface area contributed by atoms with Gasteiger partial charge in [0.2, 0.25) is 5.95 Å².